The summed E-state index contributed by atoms with van der Waals surface area (Å²) in [5.41, 5.74) is 5.50. The van der Waals surface area contributed by atoms with Crippen LogP contribution in [0.25, 0.3) is 28.0 Å². The topological polar surface area (TPSA) is 53.4 Å². The number of benzene rings is 2. The van der Waals surface area contributed by atoms with Gasteiger partial charge in [0.1, 0.15) is 0 Å². The van der Waals surface area contributed by atoms with Crippen molar-refractivity contribution in [1.29, 1.82) is 0 Å². The number of hydrogen-bond donors (Lipinski definition) is 2. The molecule has 3 aromatic rings. The van der Waals surface area contributed by atoms with Crippen LogP contribution >= 0.6 is 0 Å². The van der Waals surface area contributed by atoms with Gasteiger partial charge in [-0.15, -0.1) is 0 Å². The number of aromatic hydroxyl groups is 2. The Labute approximate surface area is 181 Å². The molecule has 0 unspecified atom stereocenters. The molecule has 0 radical (unpaired) electrons. The summed E-state index contributed by atoms with van der Waals surface area (Å²) in [4.78, 5) is 4.83. The van der Waals surface area contributed by atoms with Crippen molar-refractivity contribution in [2.75, 3.05) is 0 Å². The SMILES string of the molecule is C/C=C\C(=C/C)c1cc(-c2ccc(O)c(O)c2)cc(-c2ccccc2)n1.CC.CC. The minimum absolute atomic E-state index is 0.130. The lowest BCUT2D eigenvalue weighted by Gasteiger charge is -2.11. The standard InChI is InChI=1S/C23H21NO2.2C2H6/c1-3-8-16(4-2)20-13-19(18-11-12-22(25)23(26)15-18)14-21(24-20)17-9-6-5-7-10-17;2*1-2/h3-15,25-26H,1-2H3;2*1-2H3/b8-3-,16-4+;;. The van der Waals surface area contributed by atoms with E-state index in [1.54, 1.807) is 12.1 Å². The van der Waals surface area contributed by atoms with Gasteiger partial charge in [0, 0.05) is 5.56 Å². The number of pyridine rings is 1. The van der Waals surface area contributed by atoms with E-state index in [-0.39, 0.29) is 11.5 Å². The first-order valence-electron chi connectivity index (χ1n) is 10.5. The number of allylic oxidation sites excluding steroid dienone is 4. The normalized spacial score (nSPS) is 10.7. The van der Waals surface area contributed by atoms with E-state index < -0.39 is 0 Å². The van der Waals surface area contributed by atoms with Crippen molar-refractivity contribution in [3.05, 3.63) is 84.6 Å². The molecule has 0 aliphatic carbocycles. The number of nitrogens with zero attached hydrogens (tertiary/aromatic N) is 1. The van der Waals surface area contributed by atoms with Gasteiger partial charge in [0.25, 0.3) is 0 Å². The average molecular weight is 404 g/mol. The third kappa shape index (κ3) is 6.35. The molecule has 0 saturated carbocycles. The van der Waals surface area contributed by atoms with Crippen LogP contribution in [-0.2, 0) is 0 Å². The van der Waals surface area contributed by atoms with Crippen molar-refractivity contribution < 1.29 is 10.2 Å². The van der Waals surface area contributed by atoms with Crippen LogP contribution in [0.15, 0.2) is 78.9 Å². The van der Waals surface area contributed by atoms with Crippen LogP contribution in [0.2, 0.25) is 0 Å². The van der Waals surface area contributed by atoms with E-state index >= 15 is 0 Å². The van der Waals surface area contributed by atoms with Gasteiger partial charge >= 0.3 is 0 Å². The number of phenols is 2. The summed E-state index contributed by atoms with van der Waals surface area (Å²) in [5.74, 6) is -0.267. The van der Waals surface area contributed by atoms with Gasteiger partial charge in [0.15, 0.2) is 11.5 Å². The van der Waals surface area contributed by atoms with Gasteiger partial charge in [-0.25, -0.2) is 4.98 Å². The minimum atomic E-state index is -0.137. The Morgan fingerprint density at radius 2 is 1.40 bits per heavy atom. The monoisotopic (exact) mass is 403 g/mol. The van der Waals surface area contributed by atoms with E-state index in [0.717, 1.165) is 33.7 Å². The fourth-order valence-electron chi connectivity index (χ4n) is 2.81. The van der Waals surface area contributed by atoms with Crippen molar-refractivity contribution in [3.8, 4) is 33.9 Å². The Morgan fingerprint density at radius 3 is 1.97 bits per heavy atom. The first-order valence-corrected chi connectivity index (χ1v) is 10.5. The van der Waals surface area contributed by atoms with Crippen LogP contribution in [-0.4, -0.2) is 15.2 Å². The van der Waals surface area contributed by atoms with Gasteiger partial charge in [-0.3, -0.25) is 0 Å². The molecule has 0 fully saturated rings. The van der Waals surface area contributed by atoms with Gasteiger partial charge in [0.05, 0.1) is 11.4 Å². The van der Waals surface area contributed by atoms with Gasteiger partial charge in [-0.2, -0.15) is 0 Å². The third-order valence-electron chi connectivity index (χ3n) is 4.16. The predicted octanol–water partition coefficient (Wildman–Crippen LogP) is 7.86. The molecule has 30 heavy (non-hydrogen) atoms. The Morgan fingerprint density at radius 1 is 0.733 bits per heavy atom. The average Bonchev–Trinajstić information content (AvgIpc) is 2.82. The lowest BCUT2D eigenvalue weighted by Crippen LogP contribution is -1.93. The minimum Gasteiger partial charge on any atom is -0.504 e. The van der Waals surface area contributed by atoms with Crippen molar-refractivity contribution in [2.24, 2.45) is 0 Å². The highest BCUT2D eigenvalue weighted by molar-refractivity contribution is 5.79. The van der Waals surface area contributed by atoms with Crippen LogP contribution in [0.1, 0.15) is 47.2 Å². The van der Waals surface area contributed by atoms with Crippen molar-refractivity contribution in [2.45, 2.75) is 41.5 Å². The van der Waals surface area contributed by atoms with Crippen molar-refractivity contribution >= 4 is 5.57 Å². The molecule has 0 aliphatic rings. The zero-order valence-corrected chi connectivity index (χ0v) is 18.8. The fraction of sp³-hybridized carbons (Fsp3) is 0.222. The molecule has 0 amide bonds. The van der Waals surface area contributed by atoms with Crippen LogP contribution < -0.4 is 0 Å². The van der Waals surface area contributed by atoms with Crippen LogP contribution in [0.3, 0.4) is 0 Å². The largest absolute Gasteiger partial charge is 0.504 e. The number of aromatic nitrogens is 1. The van der Waals surface area contributed by atoms with E-state index in [9.17, 15) is 10.2 Å². The van der Waals surface area contributed by atoms with Crippen LogP contribution in [0, 0.1) is 0 Å². The molecule has 3 nitrogen and oxygen atoms in total. The zero-order chi connectivity index (χ0) is 22.5. The zero-order valence-electron chi connectivity index (χ0n) is 18.8. The first kappa shape index (κ1) is 24.7. The van der Waals surface area contributed by atoms with E-state index in [0.29, 0.717) is 0 Å². The molecule has 2 aromatic carbocycles. The van der Waals surface area contributed by atoms with Gasteiger partial charge < -0.3 is 10.2 Å². The number of phenolic OH excluding ortho intramolecular Hbond substituents is 2. The summed E-state index contributed by atoms with van der Waals surface area (Å²) in [7, 11) is 0. The Balaban J connectivity index is 0.00000106. The summed E-state index contributed by atoms with van der Waals surface area (Å²) in [6, 6.07) is 18.8. The fourth-order valence-corrected chi connectivity index (χ4v) is 2.81. The third-order valence-corrected chi connectivity index (χ3v) is 4.16. The highest BCUT2D eigenvalue weighted by Gasteiger charge is 2.10. The van der Waals surface area contributed by atoms with Crippen molar-refractivity contribution in [3.63, 3.8) is 0 Å². The maximum absolute atomic E-state index is 9.87. The van der Waals surface area contributed by atoms with E-state index in [1.807, 2.05) is 102 Å². The molecular formula is C27H33NO2. The summed E-state index contributed by atoms with van der Waals surface area (Å²) >= 11 is 0. The molecule has 3 heteroatoms. The maximum Gasteiger partial charge on any atom is 0.158 e. The number of rotatable bonds is 4. The molecular weight excluding hydrogens is 370 g/mol. The summed E-state index contributed by atoms with van der Waals surface area (Å²) < 4.78 is 0. The summed E-state index contributed by atoms with van der Waals surface area (Å²) in [6.07, 6.45) is 6.03. The quantitative estimate of drug-likeness (QED) is 0.344. The highest BCUT2D eigenvalue weighted by Crippen LogP contribution is 2.33. The molecule has 0 spiro atoms. The maximum atomic E-state index is 9.87. The molecule has 1 heterocycles. The van der Waals surface area contributed by atoms with Crippen LogP contribution in [0.4, 0.5) is 0 Å². The van der Waals surface area contributed by atoms with E-state index in [1.165, 1.54) is 6.07 Å². The lowest BCUT2D eigenvalue weighted by molar-refractivity contribution is 0.404. The molecule has 3 rings (SSSR count). The lowest BCUT2D eigenvalue weighted by atomic mass is 9.99. The molecule has 158 valence electrons. The predicted molar refractivity (Wildman–Crippen MR) is 130 cm³/mol. The molecule has 0 saturated heterocycles. The van der Waals surface area contributed by atoms with E-state index in [2.05, 4.69) is 0 Å². The molecule has 0 atom stereocenters. The Kier molecular flexibility index (Phi) is 10.7. The smallest absolute Gasteiger partial charge is 0.158 e. The second kappa shape index (κ2) is 13.0. The van der Waals surface area contributed by atoms with E-state index in [4.69, 9.17) is 4.98 Å². The van der Waals surface area contributed by atoms with Gasteiger partial charge in [-0.05, 0) is 54.8 Å². The summed E-state index contributed by atoms with van der Waals surface area (Å²) in [5, 5.41) is 19.5. The second-order valence-electron chi connectivity index (χ2n) is 5.94. The molecule has 1 aromatic heterocycles. The number of hydrogen-bond acceptors (Lipinski definition) is 3. The summed E-state index contributed by atoms with van der Waals surface area (Å²) in [6.45, 7) is 12.0. The first-order chi connectivity index (χ1) is 14.6. The van der Waals surface area contributed by atoms with Gasteiger partial charge in [0.2, 0.25) is 0 Å². The Bertz CT molecular complexity index is 973. The molecule has 0 aliphatic heterocycles. The van der Waals surface area contributed by atoms with Crippen LogP contribution in [0.5, 0.6) is 11.5 Å². The molecule has 0 bridgehead atoms. The second-order valence-corrected chi connectivity index (χ2v) is 5.94. The van der Waals surface area contributed by atoms with Crippen molar-refractivity contribution in [1.82, 2.24) is 4.98 Å². The molecule has 2 N–H and O–H groups in total. The van der Waals surface area contributed by atoms with Gasteiger partial charge in [-0.1, -0.05) is 82.3 Å². The highest BCUT2D eigenvalue weighted by atomic mass is 16.3. The Hall–Kier alpha value is -3.33.